The fraction of sp³-hybridized carbons (Fsp3) is 1.00. The van der Waals surface area contributed by atoms with Gasteiger partial charge in [-0.15, -0.1) is 4.89 Å². The lowest BCUT2D eigenvalue weighted by molar-refractivity contribution is -0.595. The highest BCUT2D eigenvalue weighted by molar-refractivity contribution is 6.50. The summed E-state index contributed by atoms with van der Waals surface area (Å²) in [6.45, 7) is 0. The molecule has 0 saturated carbocycles. The second kappa shape index (κ2) is 7.88. The van der Waals surface area contributed by atoms with Crippen molar-refractivity contribution in [3.05, 3.63) is 0 Å². The van der Waals surface area contributed by atoms with Crippen LogP contribution >= 0.6 is 0 Å². The van der Waals surface area contributed by atoms with Gasteiger partial charge in [-0.3, -0.25) is 0 Å². The van der Waals surface area contributed by atoms with Crippen LogP contribution in [0.5, 0.6) is 0 Å². The van der Waals surface area contributed by atoms with Crippen molar-refractivity contribution in [2.24, 2.45) is 0 Å². The molecule has 0 amide bonds. The van der Waals surface area contributed by atoms with Crippen molar-refractivity contribution in [3.8, 4) is 0 Å². The summed E-state index contributed by atoms with van der Waals surface area (Å²) in [6, 6.07) is 0. The van der Waals surface area contributed by atoms with E-state index >= 15 is 0 Å². The van der Waals surface area contributed by atoms with Crippen LogP contribution in [0.25, 0.3) is 0 Å². The smallest absolute Gasteiger partial charge is 0.213 e. The lowest BCUT2D eigenvalue weighted by atomic mass is 9.90. The molecule has 0 aliphatic heterocycles. The first kappa shape index (κ1) is 30.7. The van der Waals surface area contributed by atoms with E-state index in [1.165, 1.54) is 0 Å². The zero-order chi connectivity index (χ0) is 26.6. The summed E-state index contributed by atoms with van der Waals surface area (Å²) >= 11 is 0. The Labute approximate surface area is 160 Å². The Morgan fingerprint density at radius 3 is 0.969 bits per heavy atom. The molecule has 0 radical (unpaired) electrons. The van der Waals surface area contributed by atoms with Crippen LogP contribution in [0, 0.1) is 0 Å². The summed E-state index contributed by atoms with van der Waals surface area (Å²) in [7, 11) is -7.66. The fourth-order valence-corrected chi connectivity index (χ4v) is 1.41. The molecular formula is C8F20O3Si. The van der Waals surface area contributed by atoms with Crippen LogP contribution in [0.2, 0.25) is 0 Å². The first-order valence-corrected chi connectivity index (χ1v) is 7.81. The molecule has 0 atom stereocenters. The number of hydrogen-bond donors (Lipinski definition) is 0. The number of hydrogen-bond acceptors (Lipinski definition) is 3. The van der Waals surface area contributed by atoms with E-state index in [2.05, 4.69) is 0 Å². The van der Waals surface area contributed by atoms with Gasteiger partial charge in [-0.1, -0.05) is 5.04 Å². The molecule has 0 bridgehead atoms. The van der Waals surface area contributed by atoms with E-state index < -0.39 is 57.1 Å². The molecule has 3 nitrogen and oxygen atoms in total. The summed E-state index contributed by atoms with van der Waals surface area (Å²) < 4.78 is 253. The Morgan fingerprint density at radius 1 is 0.406 bits per heavy atom. The summed E-state index contributed by atoms with van der Waals surface area (Å²) in [6.07, 6.45) is -15.5. The number of alkyl halides is 17. The Hall–Kier alpha value is -1.30. The second-order valence-electron chi connectivity index (χ2n) is 5.14. The summed E-state index contributed by atoms with van der Waals surface area (Å²) in [4.78, 5) is 1.61. The van der Waals surface area contributed by atoms with Crippen LogP contribution in [-0.4, -0.2) is 57.1 Å². The van der Waals surface area contributed by atoms with E-state index in [1.54, 1.807) is 4.89 Å². The van der Waals surface area contributed by atoms with Crippen molar-refractivity contribution in [3.63, 3.8) is 0 Å². The molecule has 0 N–H and O–H groups in total. The standard InChI is InChI=1S/C8F20O3Si/c9-1(10,3(13,14)5(17,18)7(21,22)23)2(11,12)4(15,16)6(19,20)8(24,25)29-30-31-32(26,27)28. The first-order valence-electron chi connectivity index (χ1n) is 6.27. The predicted molar refractivity (Wildman–Crippen MR) is 53.0 cm³/mol. The molecule has 194 valence electrons. The van der Waals surface area contributed by atoms with Crippen LogP contribution in [-0.2, 0) is 14.5 Å². The topological polar surface area (TPSA) is 27.7 Å². The van der Waals surface area contributed by atoms with Crippen molar-refractivity contribution in [1.29, 1.82) is 0 Å². The molecular weight excluding hydrogens is 552 g/mol. The van der Waals surface area contributed by atoms with Gasteiger partial charge in [0.2, 0.25) is 0 Å². The molecule has 0 spiro atoms. The second-order valence-corrected chi connectivity index (χ2v) is 6.20. The van der Waals surface area contributed by atoms with Crippen molar-refractivity contribution >= 4 is 9.32 Å². The fourth-order valence-electron chi connectivity index (χ4n) is 1.30. The van der Waals surface area contributed by atoms with Gasteiger partial charge in [0.1, 0.15) is 0 Å². The van der Waals surface area contributed by atoms with Gasteiger partial charge < -0.3 is 0 Å². The monoisotopic (exact) mass is 552 g/mol. The van der Waals surface area contributed by atoms with Gasteiger partial charge in [-0.2, -0.15) is 79.2 Å². The van der Waals surface area contributed by atoms with Crippen molar-refractivity contribution in [1.82, 2.24) is 0 Å². The van der Waals surface area contributed by atoms with Crippen LogP contribution in [0.15, 0.2) is 0 Å². The Morgan fingerprint density at radius 2 is 0.688 bits per heavy atom. The molecule has 0 aliphatic carbocycles. The minimum atomic E-state index is -8.89. The summed E-state index contributed by atoms with van der Waals surface area (Å²) in [5.41, 5.74) is 0. The highest BCUT2D eigenvalue weighted by atomic mass is 28.5. The predicted octanol–water partition coefficient (Wildman–Crippen LogP) is 6.18. The molecule has 0 saturated heterocycles. The van der Waals surface area contributed by atoms with Crippen molar-refractivity contribution in [2.45, 2.75) is 47.8 Å². The number of halogens is 20. The zero-order valence-corrected chi connectivity index (χ0v) is 14.3. The van der Waals surface area contributed by atoms with E-state index in [1.807, 2.05) is 9.61 Å². The van der Waals surface area contributed by atoms with Gasteiger partial charge in [0, 0.05) is 0 Å². The normalized spacial score (nSPS) is 16.5. The van der Waals surface area contributed by atoms with Gasteiger partial charge >= 0.3 is 57.1 Å². The molecule has 0 fully saturated rings. The Kier molecular flexibility index (Phi) is 7.56. The molecule has 24 heteroatoms. The minimum absolute atomic E-state index is 1.61. The van der Waals surface area contributed by atoms with E-state index in [-0.39, 0.29) is 0 Å². The molecule has 0 rings (SSSR count). The van der Waals surface area contributed by atoms with Crippen LogP contribution in [0.1, 0.15) is 0 Å². The van der Waals surface area contributed by atoms with Crippen molar-refractivity contribution in [2.75, 3.05) is 0 Å². The highest BCUT2D eigenvalue weighted by Gasteiger charge is 2.95. The molecule has 0 aromatic heterocycles. The third-order valence-corrected chi connectivity index (χ3v) is 3.22. The van der Waals surface area contributed by atoms with Crippen LogP contribution in [0.4, 0.5) is 87.0 Å². The lowest BCUT2D eigenvalue weighted by Gasteiger charge is -2.42. The van der Waals surface area contributed by atoms with Gasteiger partial charge in [0.25, 0.3) is 0 Å². The Bertz CT molecular complexity index is 663. The average Bonchev–Trinajstić information content (AvgIpc) is 2.50. The van der Waals surface area contributed by atoms with E-state index in [0.29, 0.717) is 0 Å². The maximum Gasteiger partial charge on any atom is 0.833 e. The summed E-state index contributed by atoms with van der Waals surface area (Å²) in [5, 5.41) is 1.83. The highest BCUT2D eigenvalue weighted by Crippen LogP contribution is 2.64. The molecule has 32 heavy (non-hydrogen) atoms. The molecule has 0 unspecified atom stereocenters. The molecule has 0 aromatic carbocycles. The molecule has 0 aromatic rings. The minimum Gasteiger partial charge on any atom is -0.213 e. The first-order chi connectivity index (χ1) is 13.5. The van der Waals surface area contributed by atoms with Crippen molar-refractivity contribution < 1.29 is 101 Å². The van der Waals surface area contributed by atoms with Crippen LogP contribution < -0.4 is 0 Å². The van der Waals surface area contributed by atoms with E-state index in [9.17, 15) is 87.0 Å². The van der Waals surface area contributed by atoms with Gasteiger partial charge in [0.15, 0.2) is 0 Å². The van der Waals surface area contributed by atoms with Gasteiger partial charge in [-0.05, 0) is 0 Å². The zero-order valence-electron chi connectivity index (χ0n) is 13.3. The maximum atomic E-state index is 13.1. The Balaban J connectivity index is 6.41. The lowest BCUT2D eigenvalue weighted by Crippen LogP contribution is -2.74. The van der Waals surface area contributed by atoms with E-state index in [4.69, 9.17) is 0 Å². The largest absolute Gasteiger partial charge is 0.833 e. The molecule has 0 aliphatic rings. The van der Waals surface area contributed by atoms with Gasteiger partial charge in [0.05, 0.1) is 0 Å². The third-order valence-electron chi connectivity index (χ3n) is 2.96. The maximum absolute atomic E-state index is 13.1. The quantitative estimate of drug-likeness (QED) is 0.107. The number of rotatable bonds is 10. The molecule has 0 heterocycles. The SMILES string of the molecule is FC(F)(F)C(F)(F)C(F)(F)C(F)(F)C(F)(F)C(F)(F)C(F)(F)C(F)(F)OOO[Si](F)(F)F. The third kappa shape index (κ3) is 4.53. The van der Waals surface area contributed by atoms with Crippen LogP contribution in [0.3, 0.4) is 0 Å². The summed E-state index contributed by atoms with van der Waals surface area (Å²) in [5.74, 6) is -51.9. The van der Waals surface area contributed by atoms with E-state index in [0.717, 1.165) is 0 Å². The van der Waals surface area contributed by atoms with Gasteiger partial charge in [-0.25, -0.2) is 12.3 Å². The average molecular weight is 552 g/mol.